The molecule has 0 amide bonds. The Labute approximate surface area is 118 Å². The molecule has 1 N–H and O–H groups in total. The molecule has 5 heteroatoms. The minimum absolute atomic E-state index is 0.772. The molecule has 1 aromatic heterocycles. The van der Waals surface area contributed by atoms with Crippen LogP contribution in [0.3, 0.4) is 0 Å². The van der Waals surface area contributed by atoms with Crippen LogP contribution in [0.2, 0.25) is 5.02 Å². The Bertz CT molecular complexity index is 539. The molecule has 1 aromatic carbocycles. The second-order valence-corrected chi connectivity index (χ2v) is 6.00. The van der Waals surface area contributed by atoms with Crippen LogP contribution in [-0.2, 0) is 6.54 Å². The van der Waals surface area contributed by atoms with E-state index < -0.39 is 0 Å². The highest BCUT2D eigenvalue weighted by Gasteiger charge is 2.06. The summed E-state index contributed by atoms with van der Waals surface area (Å²) in [6, 6.07) is 3.96. The van der Waals surface area contributed by atoms with Crippen molar-refractivity contribution in [3.05, 3.63) is 43.3 Å². The lowest BCUT2D eigenvalue weighted by atomic mass is 10.2. The van der Waals surface area contributed by atoms with E-state index in [-0.39, 0.29) is 0 Å². The second kappa shape index (κ2) is 5.38. The summed E-state index contributed by atoms with van der Waals surface area (Å²) in [6.45, 7) is 4.78. The maximum Gasteiger partial charge on any atom is 0.0798 e. The molecular formula is C12H12BrClN2S. The van der Waals surface area contributed by atoms with E-state index in [9.17, 15) is 0 Å². The van der Waals surface area contributed by atoms with Gasteiger partial charge < -0.3 is 5.32 Å². The highest BCUT2D eigenvalue weighted by Crippen LogP contribution is 2.29. The summed E-state index contributed by atoms with van der Waals surface area (Å²) >= 11 is 11.3. The molecule has 17 heavy (non-hydrogen) atoms. The van der Waals surface area contributed by atoms with Gasteiger partial charge in [-0.1, -0.05) is 11.6 Å². The molecule has 0 radical (unpaired) electrons. The third kappa shape index (κ3) is 3.00. The smallest absolute Gasteiger partial charge is 0.0798 e. The predicted molar refractivity (Wildman–Crippen MR) is 78.1 cm³/mol. The van der Waals surface area contributed by atoms with Gasteiger partial charge in [0, 0.05) is 14.4 Å². The molecule has 0 aliphatic rings. The average Bonchev–Trinajstić information content (AvgIpc) is 2.68. The van der Waals surface area contributed by atoms with E-state index in [0.717, 1.165) is 33.0 Å². The molecule has 0 aliphatic carbocycles. The van der Waals surface area contributed by atoms with Crippen molar-refractivity contribution in [2.24, 2.45) is 0 Å². The van der Waals surface area contributed by atoms with E-state index in [0.29, 0.717) is 0 Å². The normalized spacial score (nSPS) is 10.6. The Hall–Kier alpha value is -0.580. The Morgan fingerprint density at radius 2 is 2.18 bits per heavy atom. The van der Waals surface area contributed by atoms with Crippen LogP contribution in [0.5, 0.6) is 0 Å². The van der Waals surface area contributed by atoms with Gasteiger partial charge in [0.25, 0.3) is 0 Å². The number of benzene rings is 1. The van der Waals surface area contributed by atoms with Crippen LogP contribution < -0.4 is 5.32 Å². The molecule has 0 saturated heterocycles. The number of nitrogens with one attached hydrogen (secondary N) is 1. The van der Waals surface area contributed by atoms with Crippen LogP contribution in [0, 0.1) is 13.8 Å². The fourth-order valence-corrected chi connectivity index (χ4v) is 2.93. The quantitative estimate of drug-likeness (QED) is 0.875. The van der Waals surface area contributed by atoms with Crippen LogP contribution in [0.1, 0.15) is 16.1 Å². The van der Waals surface area contributed by atoms with E-state index in [2.05, 4.69) is 26.2 Å². The summed E-state index contributed by atoms with van der Waals surface area (Å²) in [5, 5.41) is 4.14. The third-order valence-corrected chi connectivity index (χ3v) is 4.53. The fourth-order valence-electron chi connectivity index (χ4n) is 1.45. The van der Waals surface area contributed by atoms with Gasteiger partial charge in [0.05, 0.1) is 23.4 Å². The van der Waals surface area contributed by atoms with E-state index in [1.807, 2.05) is 31.5 Å². The monoisotopic (exact) mass is 330 g/mol. The Morgan fingerprint density at radius 3 is 2.82 bits per heavy atom. The molecule has 2 aromatic rings. The van der Waals surface area contributed by atoms with Crippen LogP contribution >= 0.6 is 38.9 Å². The maximum absolute atomic E-state index is 6.11. The van der Waals surface area contributed by atoms with Gasteiger partial charge >= 0.3 is 0 Å². The Morgan fingerprint density at radius 1 is 1.41 bits per heavy atom. The summed E-state index contributed by atoms with van der Waals surface area (Å²) in [6.07, 6.45) is 0. The van der Waals surface area contributed by atoms with Crippen molar-refractivity contribution >= 4 is 44.6 Å². The van der Waals surface area contributed by atoms with Crippen molar-refractivity contribution in [1.82, 2.24) is 4.98 Å². The molecule has 0 saturated carbocycles. The summed E-state index contributed by atoms with van der Waals surface area (Å²) < 4.78 is 1.03. The first-order valence-electron chi connectivity index (χ1n) is 5.16. The van der Waals surface area contributed by atoms with Gasteiger partial charge in [-0.3, -0.25) is 0 Å². The number of hydrogen-bond donors (Lipinski definition) is 1. The number of aromatic nitrogens is 1. The van der Waals surface area contributed by atoms with Gasteiger partial charge in [0.15, 0.2) is 0 Å². The number of rotatable bonds is 3. The van der Waals surface area contributed by atoms with Crippen molar-refractivity contribution in [3.8, 4) is 0 Å². The average molecular weight is 332 g/mol. The SMILES string of the molecule is Cc1cc(Br)c(NCc2scnc2C)cc1Cl. The van der Waals surface area contributed by atoms with Gasteiger partial charge in [-0.2, -0.15) is 0 Å². The molecule has 1 heterocycles. The molecule has 0 bridgehead atoms. The van der Waals surface area contributed by atoms with Crippen LogP contribution in [0.25, 0.3) is 0 Å². The number of aryl methyl sites for hydroxylation is 2. The lowest BCUT2D eigenvalue weighted by Crippen LogP contribution is -2.00. The first kappa shape index (κ1) is 12.9. The standard InChI is InChI=1S/C12H12BrClN2S/c1-7-3-9(13)11(4-10(7)14)15-5-12-8(2)16-6-17-12/h3-4,6,15H,5H2,1-2H3. The molecule has 0 unspecified atom stereocenters. The Balaban J connectivity index is 2.14. The molecule has 2 nitrogen and oxygen atoms in total. The minimum atomic E-state index is 0.772. The fraction of sp³-hybridized carbons (Fsp3) is 0.250. The first-order chi connectivity index (χ1) is 8.08. The van der Waals surface area contributed by atoms with Gasteiger partial charge in [0.2, 0.25) is 0 Å². The summed E-state index contributed by atoms with van der Waals surface area (Å²) in [4.78, 5) is 5.47. The van der Waals surface area contributed by atoms with E-state index in [1.165, 1.54) is 4.88 Å². The zero-order valence-corrected chi connectivity index (χ0v) is 12.7. The molecule has 0 spiro atoms. The van der Waals surface area contributed by atoms with E-state index in [1.54, 1.807) is 11.3 Å². The zero-order valence-electron chi connectivity index (χ0n) is 9.55. The third-order valence-electron chi connectivity index (χ3n) is 2.53. The number of thiazole rings is 1. The van der Waals surface area contributed by atoms with Crippen LogP contribution in [0.15, 0.2) is 22.1 Å². The predicted octanol–water partition coefficient (Wildman–Crippen LogP) is 4.79. The lowest BCUT2D eigenvalue weighted by Gasteiger charge is -2.10. The van der Waals surface area contributed by atoms with Crippen molar-refractivity contribution < 1.29 is 0 Å². The second-order valence-electron chi connectivity index (χ2n) is 3.80. The van der Waals surface area contributed by atoms with Gasteiger partial charge in [0.1, 0.15) is 0 Å². The van der Waals surface area contributed by atoms with Crippen LogP contribution in [-0.4, -0.2) is 4.98 Å². The number of anilines is 1. The summed E-state index contributed by atoms with van der Waals surface area (Å²) in [5.41, 5.74) is 5.02. The van der Waals surface area contributed by atoms with Crippen LogP contribution in [0.4, 0.5) is 5.69 Å². The topological polar surface area (TPSA) is 24.9 Å². The maximum atomic E-state index is 6.11. The molecule has 90 valence electrons. The van der Waals surface area contributed by atoms with Crippen molar-refractivity contribution in [2.75, 3.05) is 5.32 Å². The summed E-state index contributed by atoms with van der Waals surface area (Å²) in [5.74, 6) is 0. The zero-order chi connectivity index (χ0) is 12.4. The van der Waals surface area contributed by atoms with E-state index in [4.69, 9.17) is 11.6 Å². The lowest BCUT2D eigenvalue weighted by molar-refractivity contribution is 1.12. The molecule has 0 atom stereocenters. The highest BCUT2D eigenvalue weighted by atomic mass is 79.9. The van der Waals surface area contributed by atoms with Crippen molar-refractivity contribution in [2.45, 2.75) is 20.4 Å². The molecular weight excluding hydrogens is 320 g/mol. The number of halogens is 2. The highest BCUT2D eigenvalue weighted by molar-refractivity contribution is 9.10. The minimum Gasteiger partial charge on any atom is -0.379 e. The van der Waals surface area contributed by atoms with Gasteiger partial charge in [-0.15, -0.1) is 11.3 Å². The molecule has 2 rings (SSSR count). The number of hydrogen-bond acceptors (Lipinski definition) is 3. The van der Waals surface area contributed by atoms with E-state index >= 15 is 0 Å². The number of nitrogens with zero attached hydrogens (tertiary/aromatic N) is 1. The van der Waals surface area contributed by atoms with Gasteiger partial charge in [-0.05, 0) is 47.5 Å². The largest absolute Gasteiger partial charge is 0.379 e. The molecule has 0 aliphatic heterocycles. The first-order valence-corrected chi connectivity index (χ1v) is 7.21. The Kier molecular flexibility index (Phi) is 4.07. The van der Waals surface area contributed by atoms with Crippen molar-refractivity contribution in [1.29, 1.82) is 0 Å². The van der Waals surface area contributed by atoms with Gasteiger partial charge in [-0.25, -0.2) is 4.98 Å². The summed E-state index contributed by atoms with van der Waals surface area (Å²) in [7, 11) is 0. The molecule has 0 fully saturated rings. The van der Waals surface area contributed by atoms with Crippen molar-refractivity contribution in [3.63, 3.8) is 0 Å².